The van der Waals surface area contributed by atoms with Crippen molar-refractivity contribution >= 4 is 41.0 Å². The third-order valence-corrected chi connectivity index (χ3v) is 10.3. The molecule has 15 heteroatoms. The standard InChI is InChI=1S/C32H44F2N8O4S/c1-35-29(45)6-4-23(19-43)30-27-5-3-22(15-28(27)40(2)39-30)21-7-11-41(12-8-21)18-25(44)20-47-42-13-9-24(10-14-42)38-32-36-16-26(17-37-32)46-31(33)34/h3,5,15-17,19,21,23-25,31,44H,4,6-14,18,20H2,1-2H3,(H,35,45)(H,36,37,38). The number of hydrogen-bond donors (Lipinski definition) is 3. The number of halogens is 2. The average Bonchev–Trinajstić information content (AvgIpc) is 3.40. The number of hydrogen-bond acceptors (Lipinski definition) is 11. The van der Waals surface area contributed by atoms with E-state index >= 15 is 0 Å². The zero-order valence-corrected chi connectivity index (χ0v) is 27.7. The number of amides is 1. The molecule has 2 saturated heterocycles. The van der Waals surface area contributed by atoms with Crippen LogP contribution in [0.15, 0.2) is 30.6 Å². The van der Waals surface area contributed by atoms with Gasteiger partial charge in [-0.15, -0.1) is 0 Å². The van der Waals surface area contributed by atoms with Gasteiger partial charge in [-0.05, 0) is 62.7 Å². The van der Waals surface area contributed by atoms with Gasteiger partial charge in [0, 0.05) is 57.3 Å². The second-order valence-corrected chi connectivity index (χ2v) is 13.3. The van der Waals surface area contributed by atoms with Gasteiger partial charge in [-0.3, -0.25) is 13.8 Å². The Bertz CT molecular complexity index is 1460. The largest absolute Gasteiger partial charge is 0.432 e. The van der Waals surface area contributed by atoms with Crippen molar-refractivity contribution in [3.05, 3.63) is 41.9 Å². The van der Waals surface area contributed by atoms with E-state index in [2.05, 4.69) is 57.8 Å². The number of aliphatic hydroxyl groups excluding tert-OH is 1. The van der Waals surface area contributed by atoms with Crippen molar-refractivity contribution in [2.75, 3.05) is 50.8 Å². The number of nitrogens with zero attached hydrogens (tertiary/aromatic N) is 6. The van der Waals surface area contributed by atoms with Gasteiger partial charge in [0.25, 0.3) is 0 Å². The second-order valence-electron chi connectivity index (χ2n) is 12.2. The molecule has 12 nitrogen and oxygen atoms in total. The van der Waals surface area contributed by atoms with E-state index in [0.717, 1.165) is 74.7 Å². The number of aromatic nitrogens is 4. The summed E-state index contributed by atoms with van der Waals surface area (Å²) in [5, 5.41) is 22.3. The lowest BCUT2D eigenvalue weighted by atomic mass is 9.88. The molecule has 2 atom stereocenters. The summed E-state index contributed by atoms with van der Waals surface area (Å²) in [5.41, 5.74) is 2.97. The maximum atomic E-state index is 12.3. The van der Waals surface area contributed by atoms with Gasteiger partial charge >= 0.3 is 6.61 Å². The molecule has 2 fully saturated rings. The lowest BCUT2D eigenvalue weighted by molar-refractivity contribution is -0.120. The van der Waals surface area contributed by atoms with E-state index in [4.69, 9.17) is 0 Å². The summed E-state index contributed by atoms with van der Waals surface area (Å²) in [6.45, 7) is 1.31. The Hall–Kier alpha value is -3.40. The minimum Gasteiger partial charge on any atom is -0.432 e. The van der Waals surface area contributed by atoms with Crippen LogP contribution in [0.5, 0.6) is 5.75 Å². The lowest BCUT2D eigenvalue weighted by Gasteiger charge is -2.34. The molecule has 2 aliphatic rings. The van der Waals surface area contributed by atoms with Crippen molar-refractivity contribution in [3.8, 4) is 5.75 Å². The molecular weight excluding hydrogens is 630 g/mol. The molecule has 2 aromatic heterocycles. The van der Waals surface area contributed by atoms with Crippen LogP contribution < -0.4 is 15.4 Å². The van der Waals surface area contributed by atoms with E-state index in [1.165, 1.54) is 18.0 Å². The van der Waals surface area contributed by atoms with Gasteiger partial charge in [0.2, 0.25) is 11.9 Å². The normalized spacial score (nSPS) is 18.3. The van der Waals surface area contributed by atoms with Gasteiger partial charge in [0.1, 0.15) is 6.29 Å². The summed E-state index contributed by atoms with van der Waals surface area (Å²) in [4.78, 5) is 34.0. The van der Waals surface area contributed by atoms with E-state index in [-0.39, 0.29) is 24.1 Å². The lowest BCUT2D eigenvalue weighted by Crippen LogP contribution is -2.40. The summed E-state index contributed by atoms with van der Waals surface area (Å²) in [5.74, 6) is 0.857. The van der Waals surface area contributed by atoms with Gasteiger partial charge in [0.15, 0.2) is 5.75 Å². The van der Waals surface area contributed by atoms with E-state index < -0.39 is 18.6 Å². The molecule has 1 amide bonds. The smallest absolute Gasteiger partial charge is 0.387 e. The Morgan fingerprint density at radius 2 is 1.87 bits per heavy atom. The number of aryl methyl sites for hydroxylation is 1. The molecule has 4 heterocycles. The number of carbonyl (C=O) groups is 2. The first-order valence-electron chi connectivity index (χ1n) is 16.2. The highest BCUT2D eigenvalue weighted by Crippen LogP contribution is 2.33. The number of fused-ring (bicyclic) bond motifs is 1. The zero-order valence-electron chi connectivity index (χ0n) is 26.9. The topological polar surface area (TPSA) is 138 Å². The van der Waals surface area contributed by atoms with Gasteiger partial charge in [-0.1, -0.05) is 24.1 Å². The number of ether oxygens (including phenoxy) is 1. The Kier molecular flexibility index (Phi) is 12.3. The number of piperidine rings is 2. The maximum absolute atomic E-state index is 12.3. The van der Waals surface area contributed by atoms with Crippen LogP contribution in [0.2, 0.25) is 0 Å². The first kappa shape index (κ1) is 34.9. The highest BCUT2D eigenvalue weighted by atomic mass is 32.2. The van der Waals surface area contributed by atoms with Crippen molar-refractivity contribution in [1.29, 1.82) is 0 Å². The van der Waals surface area contributed by atoms with Gasteiger partial charge in [-0.2, -0.15) is 13.9 Å². The number of likely N-dealkylation sites (tertiary alicyclic amines) is 1. The van der Waals surface area contributed by atoms with Crippen LogP contribution in [-0.2, 0) is 16.6 Å². The molecule has 2 aliphatic heterocycles. The van der Waals surface area contributed by atoms with Crippen molar-refractivity contribution in [1.82, 2.24) is 34.3 Å². The number of anilines is 1. The van der Waals surface area contributed by atoms with Crippen molar-refractivity contribution < 1.29 is 28.2 Å². The highest BCUT2D eigenvalue weighted by Gasteiger charge is 2.26. The van der Waals surface area contributed by atoms with Crippen LogP contribution in [-0.4, -0.2) is 111 Å². The third-order valence-electron chi connectivity index (χ3n) is 9.00. The fourth-order valence-electron chi connectivity index (χ4n) is 6.37. The number of alkyl halides is 2. The molecule has 0 saturated carbocycles. The fraction of sp³-hybridized carbons (Fsp3) is 0.594. The zero-order chi connectivity index (χ0) is 33.3. The highest BCUT2D eigenvalue weighted by molar-refractivity contribution is 7.97. The summed E-state index contributed by atoms with van der Waals surface area (Å²) in [6, 6.07) is 6.59. The Morgan fingerprint density at radius 1 is 1.15 bits per heavy atom. The quantitative estimate of drug-likeness (QED) is 0.161. The first-order valence-corrected chi connectivity index (χ1v) is 17.1. The van der Waals surface area contributed by atoms with E-state index in [1.54, 1.807) is 19.0 Å². The summed E-state index contributed by atoms with van der Waals surface area (Å²) >= 11 is 1.68. The second kappa shape index (κ2) is 16.6. The molecule has 0 bridgehead atoms. The molecule has 1 aromatic carbocycles. The first-order chi connectivity index (χ1) is 22.7. The maximum Gasteiger partial charge on any atom is 0.387 e. The van der Waals surface area contributed by atoms with Crippen LogP contribution in [0.3, 0.4) is 0 Å². The Labute approximate surface area is 277 Å². The van der Waals surface area contributed by atoms with Gasteiger partial charge in [-0.25, -0.2) is 9.97 Å². The molecule has 0 radical (unpaired) electrons. The molecule has 3 aromatic rings. The summed E-state index contributed by atoms with van der Waals surface area (Å²) < 4.78 is 33.0. The number of carbonyl (C=O) groups excluding carboxylic acids is 2. The molecule has 5 rings (SSSR count). The van der Waals surface area contributed by atoms with Crippen molar-refractivity contribution in [2.24, 2.45) is 7.05 Å². The molecule has 3 N–H and O–H groups in total. The van der Waals surface area contributed by atoms with Crippen molar-refractivity contribution in [3.63, 3.8) is 0 Å². The number of aldehydes is 1. The molecule has 47 heavy (non-hydrogen) atoms. The average molecular weight is 675 g/mol. The van der Waals surface area contributed by atoms with Crippen LogP contribution in [0, 0.1) is 0 Å². The van der Waals surface area contributed by atoms with Crippen LogP contribution >= 0.6 is 11.9 Å². The van der Waals surface area contributed by atoms with E-state index in [1.807, 2.05) is 11.7 Å². The monoisotopic (exact) mass is 674 g/mol. The predicted octanol–water partition coefficient (Wildman–Crippen LogP) is 3.54. The third kappa shape index (κ3) is 9.58. The molecule has 256 valence electrons. The van der Waals surface area contributed by atoms with E-state index in [9.17, 15) is 23.5 Å². The Balaban J connectivity index is 1.02. The molecule has 0 spiro atoms. The molecular formula is C32H44F2N8O4S. The number of nitrogens with one attached hydrogen (secondary N) is 2. The van der Waals surface area contributed by atoms with Crippen LogP contribution in [0.25, 0.3) is 10.9 Å². The molecule has 0 aliphatic carbocycles. The number of rotatable bonds is 15. The van der Waals surface area contributed by atoms with Gasteiger partial charge in [0.05, 0.1) is 35.6 Å². The van der Waals surface area contributed by atoms with Crippen LogP contribution in [0.1, 0.15) is 61.6 Å². The van der Waals surface area contributed by atoms with Gasteiger partial charge < -0.3 is 30.2 Å². The number of benzene rings is 1. The number of β-amino-alcohol motifs (C(OH)–C–C–N with tert-alkyl or cyclic N) is 1. The SMILES string of the molecule is CNC(=O)CCC(C=O)c1nn(C)c2cc(C3CCN(CC(O)CSN4CCC(Nc5ncc(OC(F)F)cn5)CC4)CC3)ccc12. The summed E-state index contributed by atoms with van der Waals surface area (Å²) in [6.07, 6.45) is 7.42. The molecule has 2 unspecified atom stereocenters. The summed E-state index contributed by atoms with van der Waals surface area (Å²) in [7, 11) is 3.49. The van der Waals surface area contributed by atoms with Crippen molar-refractivity contribution in [2.45, 2.75) is 69.1 Å². The fourth-order valence-corrected chi connectivity index (χ4v) is 7.33. The van der Waals surface area contributed by atoms with E-state index in [0.29, 0.717) is 30.6 Å². The minimum absolute atomic E-state index is 0.0695. The minimum atomic E-state index is -2.90. The van der Waals surface area contributed by atoms with Crippen LogP contribution in [0.4, 0.5) is 14.7 Å². The number of aliphatic hydroxyl groups is 1. The predicted molar refractivity (Wildman–Crippen MR) is 177 cm³/mol. The Morgan fingerprint density at radius 3 is 2.53 bits per heavy atom.